The Labute approximate surface area is 201 Å². The fourth-order valence-electron chi connectivity index (χ4n) is 5.76. The van der Waals surface area contributed by atoms with E-state index >= 15 is 0 Å². The average molecular weight is 486 g/mol. The molecular formula is C27H27F4N3O. The molecule has 0 bridgehead atoms. The van der Waals surface area contributed by atoms with Crippen LogP contribution in [0.4, 0.5) is 17.6 Å². The minimum absolute atomic E-state index is 0.184. The summed E-state index contributed by atoms with van der Waals surface area (Å²) in [6.07, 6.45) is 3.18. The van der Waals surface area contributed by atoms with E-state index in [-0.39, 0.29) is 24.2 Å². The molecule has 0 unspecified atom stereocenters. The zero-order chi connectivity index (χ0) is 25.0. The third-order valence-corrected chi connectivity index (χ3v) is 7.91. The largest absolute Gasteiger partial charge is 0.389 e. The summed E-state index contributed by atoms with van der Waals surface area (Å²) in [5.74, 6) is -1.08. The van der Waals surface area contributed by atoms with E-state index in [9.17, 15) is 22.7 Å². The van der Waals surface area contributed by atoms with Gasteiger partial charge in [-0.05, 0) is 79.6 Å². The number of nitrogens with zero attached hydrogens (tertiary/aromatic N) is 2. The second-order valence-corrected chi connectivity index (χ2v) is 9.83. The van der Waals surface area contributed by atoms with Crippen molar-refractivity contribution < 1.29 is 22.7 Å². The molecule has 1 fully saturated rings. The monoisotopic (exact) mass is 485 g/mol. The Balaban J connectivity index is 1.42. The zero-order valence-electron chi connectivity index (χ0n) is 19.3. The summed E-state index contributed by atoms with van der Waals surface area (Å²) in [6.45, 7) is 2.02. The fourth-order valence-corrected chi connectivity index (χ4v) is 5.76. The van der Waals surface area contributed by atoms with Crippen LogP contribution in [-0.4, -0.2) is 26.9 Å². The second kappa shape index (κ2) is 8.60. The number of aliphatic hydroxyl groups is 1. The SMILES string of the molecule is C[C@]12Cc3cnn(-c4ccc(F)cc4)c3C=C1CC[C@@]2(O)CCc1cccc(F)c1[C@@H](N)C(F)F. The molecule has 0 aliphatic heterocycles. The fraction of sp³-hybridized carbons (Fsp3) is 0.370. The minimum atomic E-state index is -2.89. The number of hydrogen-bond donors (Lipinski definition) is 2. The third kappa shape index (κ3) is 3.89. The van der Waals surface area contributed by atoms with Crippen molar-refractivity contribution >= 4 is 6.08 Å². The van der Waals surface area contributed by atoms with Crippen molar-refractivity contribution in [2.45, 2.75) is 57.1 Å². The van der Waals surface area contributed by atoms with E-state index in [4.69, 9.17) is 5.73 Å². The van der Waals surface area contributed by atoms with Gasteiger partial charge in [0.15, 0.2) is 0 Å². The van der Waals surface area contributed by atoms with Gasteiger partial charge in [-0.1, -0.05) is 24.6 Å². The van der Waals surface area contributed by atoms with Gasteiger partial charge in [0.25, 0.3) is 6.43 Å². The van der Waals surface area contributed by atoms with Crippen LogP contribution in [0.1, 0.15) is 54.6 Å². The van der Waals surface area contributed by atoms with Crippen LogP contribution in [0.5, 0.6) is 0 Å². The molecule has 0 amide bonds. The number of hydrogen-bond acceptors (Lipinski definition) is 3. The van der Waals surface area contributed by atoms with Gasteiger partial charge in [0.05, 0.1) is 29.2 Å². The highest BCUT2D eigenvalue weighted by Crippen LogP contribution is 2.57. The number of aryl methyl sites for hydroxylation is 1. The lowest BCUT2D eigenvalue weighted by Crippen LogP contribution is -2.45. The molecule has 0 saturated heterocycles. The molecule has 4 nitrogen and oxygen atoms in total. The molecule has 2 aromatic carbocycles. The normalized spacial score (nSPS) is 24.3. The quantitative estimate of drug-likeness (QED) is 0.452. The van der Waals surface area contributed by atoms with Crippen LogP contribution in [0, 0.1) is 17.0 Å². The molecule has 35 heavy (non-hydrogen) atoms. The Kier molecular flexibility index (Phi) is 5.84. The molecule has 2 aliphatic carbocycles. The van der Waals surface area contributed by atoms with Crippen molar-refractivity contribution in [1.29, 1.82) is 0 Å². The van der Waals surface area contributed by atoms with Gasteiger partial charge in [-0.25, -0.2) is 22.2 Å². The van der Waals surface area contributed by atoms with E-state index in [1.807, 2.05) is 13.0 Å². The highest BCUT2D eigenvalue weighted by atomic mass is 19.3. The predicted octanol–water partition coefficient (Wildman–Crippen LogP) is 5.52. The molecular weight excluding hydrogens is 458 g/mol. The topological polar surface area (TPSA) is 64.1 Å². The van der Waals surface area contributed by atoms with E-state index in [0.717, 1.165) is 28.6 Å². The summed E-state index contributed by atoms with van der Waals surface area (Å²) >= 11 is 0. The van der Waals surface area contributed by atoms with Crippen LogP contribution in [0.2, 0.25) is 0 Å². The molecule has 3 aromatic rings. The van der Waals surface area contributed by atoms with Gasteiger partial charge in [0.2, 0.25) is 0 Å². The van der Waals surface area contributed by atoms with Gasteiger partial charge in [0.1, 0.15) is 11.6 Å². The molecule has 1 heterocycles. The van der Waals surface area contributed by atoms with E-state index in [0.29, 0.717) is 24.8 Å². The van der Waals surface area contributed by atoms with Gasteiger partial charge in [-0.15, -0.1) is 0 Å². The van der Waals surface area contributed by atoms with E-state index in [2.05, 4.69) is 5.10 Å². The van der Waals surface area contributed by atoms with E-state index in [1.54, 1.807) is 29.1 Å². The molecule has 3 N–H and O–H groups in total. The third-order valence-electron chi connectivity index (χ3n) is 7.91. The molecule has 1 saturated carbocycles. The Hall–Kier alpha value is -2.97. The van der Waals surface area contributed by atoms with E-state index in [1.165, 1.54) is 18.2 Å². The van der Waals surface area contributed by atoms with Crippen LogP contribution < -0.4 is 5.73 Å². The molecule has 0 radical (unpaired) electrons. The maximum absolute atomic E-state index is 14.4. The van der Waals surface area contributed by atoms with Crippen LogP contribution in [-0.2, 0) is 12.8 Å². The van der Waals surface area contributed by atoms with Crippen molar-refractivity contribution in [3.8, 4) is 5.69 Å². The second-order valence-electron chi connectivity index (χ2n) is 9.83. The van der Waals surface area contributed by atoms with Gasteiger partial charge in [0, 0.05) is 11.0 Å². The summed E-state index contributed by atoms with van der Waals surface area (Å²) < 4.78 is 56.1. The molecule has 3 atom stereocenters. The lowest BCUT2D eigenvalue weighted by molar-refractivity contribution is -0.0462. The standard InChI is InChI=1S/C27H27F4N3O/c1-26-14-17-15-33-34(20-7-5-19(28)6-8-20)22(17)13-18(26)10-12-27(26,35)11-9-16-3-2-4-21(29)23(16)24(32)25(30)31/h2-8,13,15,24-25,35H,9-12,14,32H2,1H3/t24-,26+,27+/m1/s1. The number of halogens is 4. The summed E-state index contributed by atoms with van der Waals surface area (Å²) in [5, 5.41) is 16.3. The van der Waals surface area contributed by atoms with Gasteiger partial charge in [-0.3, -0.25) is 0 Å². The zero-order valence-corrected chi connectivity index (χ0v) is 19.3. The smallest absolute Gasteiger partial charge is 0.257 e. The lowest BCUT2D eigenvalue weighted by atomic mass is 9.65. The number of fused-ring (bicyclic) bond motifs is 2. The van der Waals surface area contributed by atoms with Gasteiger partial charge in [-0.2, -0.15) is 5.10 Å². The molecule has 1 aromatic heterocycles. The Morgan fingerprint density at radius 3 is 2.60 bits per heavy atom. The summed E-state index contributed by atoms with van der Waals surface area (Å²) in [6, 6.07) is 8.61. The van der Waals surface area contributed by atoms with Crippen LogP contribution in [0.3, 0.4) is 0 Å². The highest BCUT2D eigenvalue weighted by molar-refractivity contribution is 5.62. The van der Waals surface area contributed by atoms with Gasteiger partial charge < -0.3 is 10.8 Å². The number of rotatable bonds is 6. The Bertz CT molecular complexity index is 1290. The van der Waals surface area contributed by atoms with Crippen molar-refractivity contribution in [2.24, 2.45) is 11.1 Å². The average Bonchev–Trinajstić information content (AvgIpc) is 3.34. The van der Waals surface area contributed by atoms with Crippen LogP contribution >= 0.6 is 0 Å². The van der Waals surface area contributed by atoms with Crippen molar-refractivity contribution in [3.63, 3.8) is 0 Å². The number of benzene rings is 2. The van der Waals surface area contributed by atoms with Crippen molar-refractivity contribution in [2.75, 3.05) is 0 Å². The Morgan fingerprint density at radius 2 is 1.89 bits per heavy atom. The Morgan fingerprint density at radius 1 is 1.14 bits per heavy atom. The maximum atomic E-state index is 14.4. The first-order valence-corrected chi connectivity index (χ1v) is 11.7. The van der Waals surface area contributed by atoms with E-state index < -0.39 is 29.3 Å². The maximum Gasteiger partial charge on any atom is 0.257 e. The first kappa shape index (κ1) is 23.8. The van der Waals surface area contributed by atoms with Crippen molar-refractivity contribution in [3.05, 3.63) is 88.3 Å². The highest BCUT2D eigenvalue weighted by Gasteiger charge is 2.54. The lowest BCUT2D eigenvalue weighted by Gasteiger charge is -2.42. The predicted molar refractivity (Wildman–Crippen MR) is 125 cm³/mol. The number of alkyl halides is 2. The summed E-state index contributed by atoms with van der Waals surface area (Å²) in [7, 11) is 0. The van der Waals surface area contributed by atoms with Crippen LogP contribution in [0.15, 0.2) is 54.2 Å². The number of nitrogens with two attached hydrogens (primary N) is 1. The van der Waals surface area contributed by atoms with Crippen molar-refractivity contribution in [1.82, 2.24) is 9.78 Å². The number of aromatic nitrogens is 2. The van der Waals surface area contributed by atoms with Gasteiger partial charge >= 0.3 is 0 Å². The first-order chi connectivity index (χ1) is 16.6. The van der Waals surface area contributed by atoms with Crippen LogP contribution in [0.25, 0.3) is 11.8 Å². The molecule has 2 aliphatic rings. The first-order valence-electron chi connectivity index (χ1n) is 11.7. The molecule has 5 rings (SSSR count). The molecule has 184 valence electrons. The minimum Gasteiger partial charge on any atom is -0.389 e. The summed E-state index contributed by atoms with van der Waals surface area (Å²) in [4.78, 5) is 0. The summed E-state index contributed by atoms with van der Waals surface area (Å²) in [5.41, 5.74) is 7.84. The molecule has 8 heteroatoms. The molecule has 0 spiro atoms.